The quantitative estimate of drug-likeness (QED) is 0.782. The van der Waals surface area contributed by atoms with Crippen LogP contribution in [0.2, 0.25) is 5.02 Å². The number of halogens is 2. The summed E-state index contributed by atoms with van der Waals surface area (Å²) in [5.41, 5.74) is 1.37. The van der Waals surface area contributed by atoms with Gasteiger partial charge in [-0.15, -0.1) is 0 Å². The lowest BCUT2D eigenvalue weighted by molar-refractivity contribution is -0.114. The summed E-state index contributed by atoms with van der Waals surface area (Å²) in [7, 11) is -3.98. The van der Waals surface area contributed by atoms with Crippen molar-refractivity contribution in [1.29, 1.82) is 0 Å². The molecule has 2 amide bonds. The lowest BCUT2D eigenvalue weighted by Gasteiger charge is -2.09. The van der Waals surface area contributed by atoms with Crippen molar-refractivity contribution in [2.75, 3.05) is 22.1 Å². The van der Waals surface area contributed by atoms with Gasteiger partial charge in [-0.25, -0.2) is 12.8 Å². The van der Waals surface area contributed by atoms with Gasteiger partial charge < -0.3 is 10.6 Å². The standard InChI is InChI=1S/C17H16ClFN2O4S/c1-11-2-3-12(18)8-15(11)21-17(23)10-26(24,25)9-16(22)20-14-6-4-13(19)5-7-14/h2-8H,9-10H2,1H3,(H,20,22)(H,21,23). The molecule has 2 N–H and O–H groups in total. The lowest BCUT2D eigenvalue weighted by Crippen LogP contribution is -2.30. The van der Waals surface area contributed by atoms with E-state index >= 15 is 0 Å². The lowest BCUT2D eigenvalue weighted by atomic mass is 10.2. The summed E-state index contributed by atoms with van der Waals surface area (Å²) in [6, 6.07) is 9.69. The van der Waals surface area contributed by atoms with Gasteiger partial charge in [-0.05, 0) is 48.9 Å². The minimum Gasteiger partial charge on any atom is -0.325 e. The molecule has 2 aromatic carbocycles. The highest BCUT2D eigenvalue weighted by Crippen LogP contribution is 2.20. The van der Waals surface area contributed by atoms with E-state index in [1.54, 1.807) is 19.1 Å². The predicted octanol–water partition coefficient (Wildman–Crippen LogP) is 2.78. The molecule has 9 heteroatoms. The first-order valence-electron chi connectivity index (χ1n) is 7.46. The number of carbonyl (C=O) groups excluding carboxylic acids is 2. The van der Waals surface area contributed by atoms with E-state index in [9.17, 15) is 22.4 Å². The van der Waals surface area contributed by atoms with Crippen LogP contribution in [-0.4, -0.2) is 31.7 Å². The summed E-state index contributed by atoms with van der Waals surface area (Å²) in [4.78, 5) is 23.8. The van der Waals surface area contributed by atoms with Gasteiger partial charge in [-0.1, -0.05) is 17.7 Å². The van der Waals surface area contributed by atoms with E-state index in [0.29, 0.717) is 16.3 Å². The molecule has 0 aliphatic rings. The Hall–Kier alpha value is -2.45. The maximum atomic E-state index is 12.8. The molecule has 0 aliphatic heterocycles. The molecule has 6 nitrogen and oxygen atoms in total. The van der Waals surface area contributed by atoms with Gasteiger partial charge in [0, 0.05) is 16.4 Å². The zero-order valence-electron chi connectivity index (χ0n) is 13.8. The van der Waals surface area contributed by atoms with E-state index in [1.165, 1.54) is 18.2 Å². The fourth-order valence-corrected chi connectivity index (χ4v) is 3.31. The van der Waals surface area contributed by atoms with Crippen LogP contribution in [0.4, 0.5) is 15.8 Å². The third-order valence-corrected chi connectivity index (χ3v) is 4.94. The van der Waals surface area contributed by atoms with Crippen LogP contribution in [0.3, 0.4) is 0 Å². The first-order valence-corrected chi connectivity index (χ1v) is 9.66. The van der Waals surface area contributed by atoms with Crippen molar-refractivity contribution in [2.45, 2.75) is 6.92 Å². The maximum absolute atomic E-state index is 12.8. The number of anilines is 2. The van der Waals surface area contributed by atoms with E-state index in [4.69, 9.17) is 11.6 Å². The first kappa shape index (κ1) is 19.9. The van der Waals surface area contributed by atoms with Crippen LogP contribution in [-0.2, 0) is 19.4 Å². The van der Waals surface area contributed by atoms with Crippen LogP contribution >= 0.6 is 11.6 Å². The molecule has 0 saturated heterocycles. The van der Waals surface area contributed by atoms with Crippen LogP contribution < -0.4 is 10.6 Å². The van der Waals surface area contributed by atoms with Crippen LogP contribution in [0.25, 0.3) is 0 Å². The Bertz CT molecular complexity index is 930. The van der Waals surface area contributed by atoms with Crippen molar-refractivity contribution < 1.29 is 22.4 Å². The third kappa shape index (κ3) is 6.12. The minimum atomic E-state index is -3.98. The summed E-state index contributed by atoms with van der Waals surface area (Å²) in [5, 5.41) is 5.19. The van der Waals surface area contributed by atoms with E-state index in [-0.39, 0.29) is 5.69 Å². The second kappa shape index (κ2) is 8.29. The molecular weight excluding hydrogens is 383 g/mol. The Kier molecular flexibility index (Phi) is 6.33. The highest BCUT2D eigenvalue weighted by atomic mass is 35.5. The number of hydrogen-bond acceptors (Lipinski definition) is 4. The SMILES string of the molecule is Cc1ccc(Cl)cc1NC(=O)CS(=O)(=O)CC(=O)Nc1ccc(F)cc1. The second-order valence-corrected chi connectivity index (χ2v) is 8.10. The first-order chi connectivity index (χ1) is 12.1. The molecule has 2 rings (SSSR count). The zero-order valence-corrected chi connectivity index (χ0v) is 15.3. The molecule has 26 heavy (non-hydrogen) atoms. The third-order valence-electron chi connectivity index (χ3n) is 3.30. The van der Waals surface area contributed by atoms with Gasteiger partial charge in [0.2, 0.25) is 11.8 Å². The number of sulfone groups is 1. The van der Waals surface area contributed by atoms with Gasteiger partial charge in [0.05, 0.1) is 0 Å². The largest absolute Gasteiger partial charge is 0.325 e. The van der Waals surface area contributed by atoms with Crippen molar-refractivity contribution >= 4 is 44.6 Å². The molecule has 0 aliphatic carbocycles. The monoisotopic (exact) mass is 398 g/mol. The predicted molar refractivity (Wildman–Crippen MR) is 98.5 cm³/mol. The highest BCUT2D eigenvalue weighted by Gasteiger charge is 2.21. The Morgan fingerprint density at radius 1 is 1.00 bits per heavy atom. The summed E-state index contributed by atoms with van der Waals surface area (Å²) in [6.45, 7) is 1.73. The molecule has 0 spiro atoms. The normalized spacial score (nSPS) is 11.0. The van der Waals surface area contributed by atoms with Crippen molar-refractivity contribution in [3.05, 3.63) is 58.9 Å². The minimum absolute atomic E-state index is 0.255. The number of rotatable bonds is 6. The highest BCUT2D eigenvalue weighted by molar-refractivity contribution is 7.92. The van der Waals surface area contributed by atoms with Gasteiger partial charge in [0.1, 0.15) is 17.3 Å². The smallest absolute Gasteiger partial charge is 0.239 e. The molecule has 138 valence electrons. The van der Waals surface area contributed by atoms with E-state index in [2.05, 4.69) is 10.6 Å². The van der Waals surface area contributed by atoms with E-state index < -0.39 is 39.0 Å². The van der Waals surface area contributed by atoms with E-state index in [1.807, 2.05) is 0 Å². The number of benzene rings is 2. The van der Waals surface area contributed by atoms with Crippen LogP contribution in [0.15, 0.2) is 42.5 Å². The number of carbonyl (C=O) groups is 2. The Morgan fingerprint density at radius 2 is 1.58 bits per heavy atom. The number of aryl methyl sites for hydroxylation is 1. The topological polar surface area (TPSA) is 92.3 Å². The molecule has 2 aromatic rings. The van der Waals surface area contributed by atoms with Crippen LogP contribution in [0, 0.1) is 12.7 Å². The summed E-state index contributed by atoms with van der Waals surface area (Å²) in [5.74, 6) is -3.79. The van der Waals surface area contributed by atoms with Crippen LogP contribution in [0.5, 0.6) is 0 Å². The molecule has 0 bridgehead atoms. The molecule has 0 fully saturated rings. The summed E-state index contributed by atoms with van der Waals surface area (Å²) < 4.78 is 36.9. The molecule has 0 atom stereocenters. The summed E-state index contributed by atoms with van der Waals surface area (Å²) >= 11 is 5.84. The van der Waals surface area contributed by atoms with Gasteiger partial charge in [-0.2, -0.15) is 0 Å². The Balaban J connectivity index is 1.94. The zero-order chi connectivity index (χ0) is 19.3. The Morgan fingerprint density at radius 3 is 2.19 bits per heavy atom. The molecule has 0 heterocycles. The van der Waals surface area contributed by atoms with Crippen LogP contribution in [0.1, 0.15) is 5.56 Å². The van der Waals surface area contributed by atoms with Crippen molar-refractivity contribution in [3.63, 3.8) is 0 Å². The van der Waals surface area contributed by atoms with E-state index in [0.717, 1.165) is 12.1 Å². The summed E-state index contributed by atoms with van der Waals surface area (Å²) in [6.07, 6.45) is 0. The molecular formula is C17H16ClFN2O4S. The van der Waals surface area contributed by atoms with Crippen molar-refractivity contribution in [2.24, 2.45) is 0 Å². The maximum Gasteiger partial charge on any atom is 0.239 e. The average Bonchev–Trinajstić information content (AvgIpc) is 2.52. The fourth-order valence-electron chi connectivity index (χ4n) is 2.10. The molecule has 0 radical (unpaired) electrons. The van der Waals surface area contributed by atoms with Crippen molar-refractivity contribution in [1.82, 2.24) is 0 Å². The molecule has 0 saturated carbocycles. The number of hydrogen-bond donors (Lipinski definition) is 2. The number of nitrogens with one attached hydrogen (secondary N) is 2. The van der Waals surface area contributed by atoms with Gasteiger partial charge in [0.25, 0.3) is 0 Å². The van der Waals surface area contributed by atoms with Gasteiger partial charge in [-0.3, -0.25) is 9.59 Å². The fraction of sp³-hybridized carbons (Fsp3) is 0.176. The average molecular weight is 399 g/mol. The van der Waals surface area contributed by atoms with Crippen molar-refractivity contribution in [3.8, 4) is 0 Å². The van der Waals surface area contributed by atoms with Gasteiger partial charge in [0.15, 0.2) is 9.84 Å². The second-order valence-electron chi connectivity index (χ2n) is 5.59. The van der Waals surface area contributed by atoms with Gasteiger partial charge >= 0.3 is 0 Å². The molecule has 0 aromatic heterocycles. The molecule has 0 unspecified atom stereocenters. The number of amides is 2. The Labute approximate surface area is 155 Å².